The smallest absolute Gasteiger partial charge is 0.335 e. The van der Waals surface area contributed by atoms with Crippen molar-refractivity contribution >= 4 is 23.8 Å². The quantitative estimate of drug-likeness (QED) is 0.195. The summed E-state index contributed by atoms with van der Waals surface area (Å²) in [6, 6.07) is 6.05. The van der Waals surface area contributed by atoms with Gasteiger partial charge in [-0.05, 0) is 50.5 Å². The van der Waals surface area contributed by atoms with Gasteiger partial charge >= 0.3 is 17.9 Å². The van der Waals surface area contributed by atoms with Crippen LogP contribution in [0.1, 0.15) is 44.6 Å². The number of esters is 1. The summed E-state index contributed by atoms with van der Waals surface area (Å²) in [4.78, 5) is 51.7. The van der Waals surface area contributed by atoms with Crippen LogP contribution < -0.4 is 5.32 Å². The number of aryl methyl sites for hydroxylation is 1. The summed E-state index contributed by atoms with van der Waals surface area (Å²) >= 11 is 0. The van der Waals surface area contributed by atoms with Crippen LogP contribution in [0.2, 0.25) is 0 Å². The Bertz CT molecular complexity index is 1090. The lowest BCUT2D eigenvalue weighted by Gasteiger charge is -2.39. The van der Waals surface area contributed by atoms with Gasteiger partial charge in [-0.1, -0.05) is 36.8 Å². The maximum Gasteiger partial charge on any atom is 0.335 e. The Kier molecular flexibility index (Phi) is 9.41. The van der Waals surface area contributed by atoms with E-state index in [-0.39, 0.29) is 24.8 Å². The first-order valence-electron chi connectivity index (χ1n) is 13.5. The second-order valence-electron chi connectivity index (χ2n) is 10.7. The fourth-order valence-electron chi connectivity index (χ4n) is 5.99. The summed E-state index contributed by atoms with van der Waals surface area (Å²) < 4.78 is 10.3. The third-order valence-corrected chi connectivity index (χ3v) is 8.09. The van der Waals surface area contributed by atoms with Gasteiger partial charge < -0.3 is 39.9 Å². The zero-order valence-electron chi connectivity index (χ0n) is 22.0. The molecule has 1 amide bonds. The van der Waals surface area contributed by atoms with Gasteiger partial charge in [0.15, 0.2) is 6.10 Å². The van der Waals surface area contributed by atoms with Gasteiger partial charge in [-0.15, -0.1) is 0 Å². The minimum atomic E-state index is -1.94. The van der Waals surface area contributed by atoms with E-state index in [4.69, 9.17) is 9.47 Å². The van der Waals surface area contributed by atoms with Crippen molar-refractivity contribution in [3.05, 3.63) is 35.9 Å². The molecule has 1 aliphatic carbocycles. The van der Waals surface area contributed by atoms with E-state index in [1.165, 1.54) is 11.8 Å². The van der Waals surface area contributed by atoms with E-state index >= 15 is 0 Å². The first-order chi connectivity index (χ1) is 19.0. The van der Waals surface area contributed by atoms with Crippen LogP contribution in [0.3, 0.4) is 0 Å². The number of carbonyl (C=O) groups is 4. The Balaban J connectivity index is 1.45. The van der Waals surface area contributed by atoms with Crippen molar-refractivity contribution in [2.45, 2.75) is 100 Å². The number of nitrogens with one attached hydrogen (secondary N) is 1. The molecule has 0 spiro atoms. The molecule has 1 aromatic carbocycles. The van der Waals surface area contributed by atoms with Crippen molar-refractivity contribution in [2.75, 3.05) is 0 Å². The lowest BCUT2D eigenvalue weighted by molar-refractivity contribution is -0.287. The molecule has 40 heavy (non-hydrogen) atoms. The van der Waals surface area contributed by atoms with E-state index in [0.717, 1.165) is 18.4 Å². The number of aliphatic carboxylic acids is 2. The van der Waals surface area contributed by atoms with Gasteiger partial charge in [0, 0.05) is 6.04 Å². The molecule has 1 saturated carbocycles. The summed E-state index contributed by atoms with van der Waals surface area (Å²) in [6.07, 6.45) is -6.34. The van der Waals surface area contributed by atoms with Gasteiger partial charge in [0.2, 0.25) is 12.2 Å². The number of nitrogens with zero attached hydrogens (tertiary/aromatic N) is 1. The van der Waals surface area contributed by atoms with Gasteiger partial charge in [0.1, 0.15) is 30.4 Å². The highest BCUT2D eigenvalue weighted by Gasteiger charge is 2.53. The molecule has 3 aliphatic rings. The van der Waals surface area contributed by atoms with Crippen LogP contribution in [0, 0.1) is 5.92 Å². The summed E-state index contributed by atoms with van der Waals surface area (Å²) in [5.74, 6) is -4.15. The molecule has 13 heteroatoms. The number of carboxylic acids is 2. The molecule has 2 heterocycles. The van der Waals surface area contributed by atoms with Crippen LogP contribution in [0.25, 0.3) is 0 Å². The van der Waals surface area contributed by atoms with E-state index in [1.54, 1.807) is 0 Å². The van der Waals surface area contributed by atoms with Crippen molar-refractivity contribution in [2.24, 2.45) is 5.92 Å². The highest BCUT2D eigenvalue weighted by Crippen LogP contribution is 2.42. The lowest BCUT2D eigenvalue weighted by atomic mass is 9.99. The van der Waals surface area contributed by atoms with Gasteiger partial charge in [0.05, 0.1) is 6.04 Å². The Morgan fingerprint density at radius 2 is 1.75 bits per heavy atom. The van der Waals surface area contributed by atoms with E-state index in [0.29, 0.717) is 12.8 Å². The fourth-order valence-corrected chi connectivity index (χ4v) is 5.99. The molecular weight excluding hydrogens is 528 g/mol. The third-order valence-electron chi connectivity index (χ3n) is 8.09. The van der Waals surface area contributed by atoms with Crippen LogP contribution in [0.5, 0.6) is 0 Å². The molecule has 0 aromatic heterocycles. The summed E-state index contributed by atoms with van der Waals surface area (Å²) in [5, 5.41) is 52.1. The Morgan fingerprint density at radius 1 is 1.05 bits per heavy atom. The third kappa shape index (κ3) is 6.28. The number of rotatable bonds is 10. The van der Waals surface area contributed by atoms with Crippen LogP contribution in [0.15, 0.2) is 30.3 Å². The molecule has 4 rings (SSSR count). The molecule has 13 nitrogen and oxygen atoms in total. The molecule has 1 aromatic rings. The molecule has 10 atom stereocenters. The Labute approximate surface area is 230 Å². The zero-order chi connectivity index (χ0) is 29.1. The average molecular weight is 565 g/mol. The van der Waals surface area contributed by atoms with E-state index < -0.39 is 72.6 Å². The molecule has 220 valence electrons. The highest BCUT2D eigenvalue weighted by atomic mass is 16.7. The minimum Gasteiger partial charge on any atom is -0.480 e. The number of aliphatic hydroxyl groups is 3. The first-order valence-corrected chi connectivity index (χ1v) is 13.5. The Morgan fingerprint density at radius 3 is 2.40 bits per heavy atom. The van der Waals surface area contributed by atoms with Crippen LogP contribution in [-0.2, 0) is 35.1 Å². The van der Waals surface area contributed by atoms with Gasteiger partial charge in [0.25, 0.3) is 0 Å². The number of hydrogen-bond donors (Lipinski definition) is 6. The number of likely N-dealkylation sites (tertiary alicyclic amines) is 1. The topological polar surface area (TPSA) is 203 Å². The number of fused-ring (bicyclic) bond motifs is 1. The number of benzene rings is 1. The van der Waals surface area contributed by atoms with E-state index in [9.17, 15) is 44.7 Å². The molecular formula is C27H36N2O11. The van der Waals surface area contributed by atoms with Crippen LogP contribution in [0.4, 0.5) is 0 Å². The second-order valence-corrected chi connectivity index (χ2v) is 10.7. The van der Waals surface area contributed by atoms with E-state index in [1.807, 2.05) is 30.3 Å². The molecule has 3 fully saturated rings. The van der Waals surface area contributed by atoms with Crippen molar-refractivity contribution in [1.29, 1.82) is 0 Å². The van der Waals surface area contributed by atoms with Gasteiger partial charge in [-0.25, -0.2) is 9.59 Å². The van der Waals surface area contributed by atoms with Crippen LogP contribution in [-0.4, -0.2) is 109 Å². The molecule has 0 radical (unpaired) electrons. The number of carbonyl (C=O) groups excluding carboxylic acids is 2. The molecule has 0 unspecified atom stereocenters. The lowest BCUT2D eigenvalue weighted by Crippen LogP contribution is -2.61. The number of aliphatic hydroxyl groups excluding tert-OH is 3. The Hall–Kier alpha value is -3.10. The van der Waals surface area contributed by atoms with E-state index in [2.05, 4.69) is 5.32 Å². The maximum atomic E-state index is 13.7. The van der Waals surface area contributed by atoms with Crippen molar-refractivity contribution in [3.8, 4) is 0 Å². The van der Waals surface area contributed by atoms with Crippen molar-refractivity contribution in [3.63, 3.8) is 0 Å². The molecule has 6 N–H and O–H groups in total. The van der Waals surface area contributed by atoms with Gasteiger partial charge in [-0.2, -0.15) is 0 Å². The zero-order valence-corrected chi connectivity index (χ0v) is 22.0. The van der Waals surface area contributed by atoms with Crippen molar-refractivity contribution < 1.29 is 54.2 Å². The maximum absolute atomic E-state index is 13.7. The second kappa shape index (κ2) is 12.6. The molecule has 2 aliphatic heterocycles. The summed E-state index contributed by atoms with van der Waals surface area (Å²) in [7, 11) is 0. The minimum absolute atomic E-state index is 0.0124. The SMILES string of the molecule is C[C@H](N[C@@H](CCc1ccccc1)C(=O)O)C(=O)N1[C@H](C(=O)O[C@@H]2O[C@H](C(=O)O)[C@@H](O)[C@H](O)[C@@H]2O)C[C@@H]2CCC[C@@H]21. The average Bonchev–Trinajstić information content (AvgIpc) is 3.52. The van der Waals surface area contributed by atoms with Gasteiger partial charge in [-0.3, -0.25) is 14.9 Å². The first kappa shape index (κ1) is 29.9. The highest BCUT2D eigenvalue weighted by molar-refractivity contribution is 5.89. The van der Waals surface area contributed by atoms with Crippen LogP contribution >= 0.6 is 0 Å². The molecule has 2 saturated heterocycles. The number of amides is 1. The monoisotopic (exact) mass is 564 g/mol. The fraction of sp³-hybridized carbons (Fsp3) is 0.630. The predicted octanol–water partition coefficient (Wildman–Crippen LogP) is -0.744. The van der Waals surface area contributed by atoms with Crippen molar-refractivity contribution in [1.82, 2.24) is 10.2 Å². The normalized spacial score (nSPS) is 33.1. The number of carboxylic acid groups (broad SMARTS) is 2. The predicted molar refractivity (Wildman–Crippen MR) is 136 cm³/mol. The number of hydrogen-bond acceptors (Lipinski definition) is 10. The standard InChI is InChI=1S/C27H36N2O11/c1-13(28-16(24(34)35)11-10-14-6-3-2-4-7-14)23(33)29-17-9-5-8-15(17)12-18(29)26(38)40-27-21(32)19(30)20(31)22(39-27)25(36)37/h2-4,6-7,13,15-22,27-28,30-32H,5,8-12H2,1H3,(H,34,35)(H,36,37)/t13-,15-,16-,17-,18-,19-,20-,21-,22-,27-/m0/s1. The molecule has 0 bridgehead atoms. The summed E-state index contributed by atoms with van der Waals surface area (Å²) in [6.45, 7) is 1.54. The summed E-state index contributed by atoms with van der Waals surface area (Å²) in [5.41, 5.74) is 0.959. The largest absolute Gasteiger partial charge is 0.480 e. The number of ether oxygens (including phenoxy) is 2.